The summed E-state index contributed by atoms with van der Waals surface area (Å²) in [4.78, 5) is 6.99. The van der Waals surface area contributed by atoms with E-state index in [2.05, 4.69) is 34.3 Å². The van der Waals surface area contributed by atoms with Crippen molar-refractivity contribution in [1.29, 1.82) is 0 Å². The van der Waals surface area contributed by atoms with Crippen LogP contribution in [-0.2, 0) is 11.3 Å². The highest BCUT2D eigenvalue weighted by atomic mass is 16.5. The molecule has 2 unspecified atom stereocenters. The normalized spacial score (nSPS) is 25.1. The molecular formula is C14H23N3O. The van der Waals surface area contributed by atoms with Gasteiger partial charge in [-0.25, -0.2) is 4.98 Å². The van der Waals surface area contributed by atoms with E-state index in [0.29, 0.717) is 12.0 Å². The first-order chi connectivity index (χ1) is 8.72. The molecule has 0 bridgehead atoms. The lowest BCUT2D eigenvalue weighted by atomic mass is 9.96. The predicted molar refractivity (Wildman–Crippen MR) is 73.6 cm³/mol. The Bertz CT molecular complexity index is 383. The molecule has 2 rings (SSSR count). The number of methoxy groups -OCH3 is 1. The SMILES string of the molecule is CNc1cccc(CN2CCC(C)C(OC)C2)n1. The van der Waals surface area contributed by atoms with Gasteiger partial charge in [0, 0.05) is 27.2 Å². The second kappa shape index (κ2) is 6.16. The first kappa shape index (κ1) is 13.3. The lowest BCUT2D eigenvalue weighted by molar-refractivity contribution is -0.00777. The Morgan fingerprint density at radius 3 is 3.06 bits per heavy atom. The highest BCUT2D eigenvalue weighted by Gasteiger charge is 2.25. The van der Waals surface area contributed by atoms with Crippen molar-refractivity contribution >= 4 is 5.82 Å². The Morgan fingerprint density at radius 1 is 1.50 bits per heavy atom. The number of rotatable bonds is 4. The molecule has 0 saturated carbocycles. The summed E-state index contributed by atoms with van der Waals surface area (Å²) in [7, 11) is 3.71. The molecule has 1 fully saturated rings. The number of pyridine rings is 1. The lowest BCUT2D eigenvalue weighted by Gasteiger charge is -2.36. The molecule has 0 spiro atoms. The summed E-state index contributed by atoms with van der Waals surface area (Å²) in [5.74, 6) is 1.59. The van der Waals surface area contributed by atoms with Gasteiger partial charge in [-0.15, -0.1) is 0 Å². The van der Waals surface area contributed by atoms with Gasteiger partial charge >= 0.3 is 0 Å². The molecule has 1 aromatic rings. The maximum Gasteiger partial charge on any atom is 0.126 e. The Hall–Kier alpha value is -1.13. The summed E-state index contributed by atoms with van der Waals surface area (Å²) >= 11 is 0. The largest absolute Gasteiger partial charge is 0.380 e. The smallest absolute Gasteiger partial charge is 0.126 e. The number of nitrogens with zero attached hydrogens (tertiary/aromatic N) is 2. The van der Waals surface area contributed by atoms with Crippen LogP contribution in [0.1, 0.15) is 19.0 Å². The summed E-state index contributed by atoms with van der Waals surface area (Å²) in [6.07, 6.45) is 1.55. The molecule has 1 saturated heterocycles. The molecule has 2 atom stereocenters. The van der Waals surface area contributed by atoms with Crippen LogP contribution < -0.4 is 5.32 Å². The summed E-state index contributed by atoms with van der Waals surface area (Å²) < 4.78 is 5.54. The van der Waals surface area contributed by atoms with Crippen LogP contribution in [0.15, 0.2) is 18.2 Å². The van der Waals surface area contributed by atoms with Gasteiger partial charge in [-0.1, -0.05) is 13.0 Å². The Kier molecular flexibility index (Phi) is 4.55. The van der Waals surface area contributed by atoms with Gasteiger partial charge in [0.1, 0.15) is 5.82 Å². The fourth-order valence-electron chi connectivity index (χ4n) is 2.48. The maximum absolute atomic E-state index is 5.54. The first-order valence-electron chi connectivity index (χ1n) is 6.61. The molecule has 1 N–H and O–H groups in total. The van der Waals surface area contributed by atoms with Gasteiger partial charge in [0.05, 0.1) is 11.8 Å². The maximum atomic E-state index is 5.54. The summed E-state index contributed by atoms with van der Waals surface area (Å²) in [6.45, 7) is 5.31. The van der Waals surface area contributed by atoms with Crippen LogP contribution in [0.5, 0.6) is 0 Å². The molecule has 0 amide bonds. The zero-order valence-electron chi connectivity index (χ0n) is 11.5. The third-order valence-corrected chi connectivity index (χ3v) is 3.72. The number of nitrogens with one attached hydrogen (secondary N) is 1. The van der Waals surface area contributed by atoms with Gasteiger partial charge in [-0.2, -0.15) is 0 Å². The van der Waals surface area contributed by atoms with Crippen molar-refractivity contribution in [1.82, 2.24) is 9.88 Å². The van der Waals surface area contributed by atoms with E-state index in [4.69, 9.17) is 4.74 Å². The molecule has 2 heterocycles. The van der Waals surface area contributed by atoms with Crippen LogP contribution >= 0.6 is 0 Å². The summed E-state index contributed by atoms with van der Waals surface area (Å²) in [6, 6.07) is 6.12. The fraction of sp³-hybridized carbons (Fsp3) is 0.643. The number of aromatic nitrogens is 1. The van der Waals surface area contributed by atoms with Gasteiger partial charge in [-0.3, -0.25) is 4.90 Å². The van der Waals surface area contributed by atoms with E-state index in [9.17, 15) is 0 Å². The van der Waals surface area contributed by atoms with Crippen molar-refractivity contribution in [2.24, 2.45) is 5.92 Å². The summed E-state index contributed by atoms with van der Waals surface area (Å²) in [5.41, 5.74) is 1.12. The zero-order chi connectivity index (χ0) is 13.0. The number of hydrogen-bond acceptors (Lipinski definition) is 4. The van der Waals surface area contributed by atoms with Crippen LogP contribution in [0.3, 0.4) is 0 Å². The molecule has 18 heavy (non-hydrogen) atoms. The van der Waals surface area contributed by atoms with Gasteiger partial charge < -0.3 is 10.1 Å². The Morgan fingerprint density at radius 2 is 2.33 bits per heavy atom. The molecule has 0 radical (unpaired) electrons. The molecule has 1 aliphatic rings. The van der Waals surface area contributed by atoms with Crippen molar-refractivity contribution < 1.29 is 4.74 Å². The van der Waals surface area contributed by atoms with Crippen LogP contribution in [0, 0.1) is 5.92 Å². The lowest BCUT2D eigenvalue weighted by Crippen LogP contribution is -2.43. The minimum Gasteiger partial charge on any atom is -0.380 e. The topological polar surface area (TPSA) is 37.4 Å². The molecule has 4 nitrogen and oxygen atoms in total. The van der Waals surface area contributed by atoms with Crippen molar-refractivity contribution in [2.75, 3.05) is 32.6 Å². The van der Waals surface area contributed by atoms with Gasteiger partial charge in [0.2, 0.25) is 0 Å². The average molecular weight is 249 g/mol. The molecule has 4 heteroatoms. The fourth-order valence-corrected chi connectivity index (χ4v) is 2.48. The van der Waals surface area contributed by atoms with E-state index < -0.39 is 0 Å². The molecule has 1 aliphatic heterocycles. The summed E-state index contributed by atoms with van der Waals surface area (Å²) in [5, 5.41) is 3.08. The Balaban J connectivity index is 1.96. The molecule has 0 aromatic carbocycles. The number of piperidine rings is 1. The monoisotopic (exact) mass is 249 g/mol. The van der Waals surface area contributed by atoms with Crippen LogP contribution in [0.25, 0.3) is 0 Å². The van der Waals surface area contributed by atoms with Crippen molar-refractivity contribution in [2.45, 2.75) is 26.0 Å². The average Bonchev–Trinajstić information content (AvgIpc) is 2.41. The van der Waals surface area contributed by atoms with Gasteiger partial charge in [-0.05, 0) is 31.0 Å². The third-order valence-electron chi connectivity index (χ3n) is 3.72. The highest BCUT2D eigenvalue weighted by molar-refractivity contribution is 5.34. The second-order valence-corrected chi connectivity index (χ2v) is 5.04. The first-order valence-corrected chi connectivity index (χ1v) is 6.61. The third kappa shape index (κ3) is 3.21. The number of likely N-dealkylation sites (tertiary alicyclic amines) is 1. The zero-order valence-corrected chi connectivity index (χ0v) is 11.5. The number of hydrogen-bond donors (Lipinski definition) is 1. The minimum atomic E-state index is 0.353. The molecule has 100 valence electrons. The quantitative estimate of drug-likeness (QED) is 0.885. The minimum absolute atomic E-state index is 0.353. The standard InChI is InChI=1S/C14H23N3O/c1-11-7-8-17(10-13(11)18-3)9-12-5-4-6-14(15-2)16-12/h4-6,11,13H,7-10H2,1-3H3,(H,15,16). The van der Waals surface area contributed by atoms with Crippen molar-refractivity contribution in [3.8, 4) is 0 Å². The Labute approximate surface area is 109 Å². The van der Waals surface area contributed by atoms with Crippen LogP contribution in [-0.4, -0.2) is 43.2 Å². The number of ether oxygens (including phenoxy) is 1. The molecule has 0 aliphatic carbocycles. The van der Waals surface area contributed by atoms with Gasteiger partial charge in [0.25, 0.3) is 0 Å². The highest BCUT2D eigenvalue weighted by Crippen LogP contribution is 2.20. The van der Waals surface area contributed by atoms with Crippen LogP contribution in [0.2, 0.25) is 0 Å². The van der Waals surface area contributed by atoms with E-state index in [1.807, 2.05) is 20.2 Å². The van der Waals surface area contributed by atoms with Crippen LogP contribution in [0.4, 0.5) is 5.82 Å². The molecule has 1 aromatic heterocycles. The van der Waals surface area contributed by atoms with E-state index in [-0.39, 0.29) is 0 Å². The second-order valence-electron chi connectivity index (χ2n) is 5.04. The van der Waals surface area contributed by atoms with Crippen molar-refractivity contribution in [3.05, 3.63) is 23.9 Å². The van der Waals surface area contributed by atoms with E-state index >= 15 is 0 Å². The van der Waals surface area contributed by atoms with E-state index in [1.54, 1.807) is 0 Å². The van der Waals surface area contributed by atoms with E-state index in [1.165, 1.54) is 6.42 Å². The van der Waals surface area contributed by atoms with E-state index in [0.717, 1.165) is 31.1 Å². The van der Waals surface area contributed by atoms with Crippen molar-refractivity contribution in [3.63, 3.8) is 0 Å². The predicted octanol–water partition coefficient (Wildman–Crippen LogP) is 1.98. The van der Waals surface area contributed by atoms with Gasteiger partial charge in [0.15, 0.2) is 0 Å². The number of anilines is 1. The molecular weight excluding hydrogens is 226 g/mol.